The van der Waals surface area contributed by atoms with Crippen molar-refractivity contribution in [3.63, 3.8) is 0 Å². The number of hydrogen-bond acceptors (Lipinski definition) is 6. The van der Waals surface area contributed by atoms with E-state index < -0.39 is 24.0 Å². The Morgan fingerprint density at radius 3 is 2.06 bits per heavy atom. The van der Waals surface area contributed by atoms with Crippen molar-refractivity contribution in [2.45, 2.75) is 24.9 Å². The SMILES string of the molecule is C=C1[C@@H]2c3ccccc3[C@@H](c3ccccc3[C@@H]2NC(C)=O)N1/C(=C\C(=O)OC)C(=O)OC. The fourth-order valence-electron chi connectivity index (χ4n) is 4.75. The van der Waals surface area contributed by atoms with Crippen molar-refractivity contribution < 1.29 is 23.9 Å². The van der Waals surface area contributed by atoms with Crippen molar-refractivity contribution in [1.82, 2.24) is 10.2 Å². The topological polar surface area (TPSA) is 84.9 Å². The molecule has 1 amide bonds. The second-order valence-corrected chi connectivity index (χ2v) is 7.72. The molecule has 0 unspecified atom stereocenters. The van der Waals surface area contributed by atoms with Crippen molar-refractivity contribution >= 4 is 17.8 Å². The molecule has 32 heavy (non-hydrogen) atoms. The number of carbonyl (C=O) groups is 3. The minimum Gasteiger partial charge on any atom is -0.466 e. The second kappa shape index (κ2) is 8.34. The van der Waals surface area contributed by atoms with Gasteiger partial charge in [-0.3, -0.25) is 4.79 Å². The van der Waals surface area contributed by atoms with Crippen LogP contribution in [0.1, 0.15) is 47.2 Å². The molecule has 0 fully saturated rings. The van der Waals surface area contributed by atoms with E-state index >= 15 is 0 Å². The molecule has 0 radical (unpaired) electrons. The van der Waals surface area contributed by atoms with Gasteiger partial charge in [-0.2, -0.15) is 0 Å². The largest absolute Gasteiger partial charge is 0.466 e. The van der Waals surface area contributed by atoms with Gasteiger partial charge in [0.2, 0.25) is 5.91 Å². The molecule has 2 aliphatic heterocycles. The molecule has 2 aromatic rings. The van der Waals surface area contributed by atoms with Gasteiger partial charge < -0.3 is 19.7 Å². The van der Waals surface area contributed by atoms with Crippen molar-refractivity contribution in [3.8, 4) is 0 Å². The Labute approximate surface area is 186 Å². The Morgan fingerprint density at radius 1 is 0.938 bits per heavy atom. The van der Waals surface area contributed by atoms with Crippen LogP contribution in [0.2, 0.25) is 0 Å². The third-order valence-electron chi connectivity index (χ3n) is 5.98. The average molecular weight is 432 g/mol. The van der Waals surface area contributed by atoms with Gasteiger partial charge in [-0.1, -0.05) is 55.1 Å². The minimum absolute atomic E-state index is 0.0205. The summed E-state index contributed by atoms with van der Waals surface area (Å²) in [6.07, 6.45) is 1.12. The molecule has 164 valence electrons. The summed E-state index contributed by atoms with van der Waals surface area (Å²) in [4.78, 5) is 38.9. The molecule has 0 saturated carbocycles. The normalized spacial score (nSPS) is 21.2. The zero-order chi connectivity index (χ0) is 23.0. The molecule has 5 rings (SSSR count). The van der Waals surface area contributed by atoms with E-state index in [2.05, 4.69) is 11.9 Å². The van der Waals surface area contributed by atoms with E-state index in [9.17, 15) is 14.4 Å². The molecular formula is C25H24N2O5. The maximum Gasteiger partial charge on any atom is 0.354 e. The first-order valence-electron chi connectivity index (χ1n) is 10.2. The lowest BCUT2D eigenvalue weighted by atomic mass is 9.81. The summed E-state index contributed by atoms with van der Waals surface area (Å²) in [6, 6.07) is 14.8. The highest BCUT2D eigenvalue weighted by atomic mass is 16.5. The molecule has 2 bridgehead atoms. The lowest BCUT2D eigenvalue weighted by Gasteiger charge is -2.43. The Hall–Kier alpha value is -3.87. The van der Waals surface area contributed by atoms with Gasteiger partial charge in [0.1, 0.15) is 5.70 Å². The van der Waals surface area contributed by atoms with Crippen LogP contribution in [0.15, 0.2) is 72.6 Å². The second-order valence-electron chi connectivity index (χ2n) is 7.72. The Kier molecular flexibility index (Phi) is 5.57. The quantitative estimate of drug-likeness (QED) is 0.590. The fourth-order valence-corrected chi connectivity index (χ4v) is 4.75. The summed E-state index contributed by atoms with van der Waals surface area (Å²) in [5.41, 5.74) is 4.40. The Morgan fingerprint density at radius 2 is 1.50 bits per heavy atom. The Bertz CT molecular complexity index is 1150. The maximum atomic E-state index is 12.8. The number of fused-ring (bicyclic) bond motifs is 1. The van der Waals surface area contributed by atoms with Crippen LogP contribution < -0.4 is 5.32 Å². The van der Waals surface area contributed by atoms with Crippen LogP contribution in [0.25, 0.3) is 0 Å². The van der Waals surface area contributed by atoms with Crippen LogP contribution in [-0.4, -0.2) is 37.0 Å². The van der Waals surface area contributed by atoms with Crippen molar-refractivity contribution in [3.05, 3.63) is 94.8 Å². The lowest BCUT2D eigenvalue weighted by molar-refractivity contribution is -0.140. The third kappa shape index (κ3) is 3.36. The first-order chi connectivity index (χ1) is 15.4. The Balaban J connectivity index is 2.04. The zero-order valence-electron chi connectivity index (χ0n) is 18.1. The van der Waals surface area contributed by atoms with Crippen LogP contribution in [0.4, 0.5) is 0 Å². The predicted molar refractivity (Wildman–Crippen MR) is 117 cm³/mol. The van der Waals surface area contributed by atoms with Gasteiger partial charge in [-0.25, -0.2) is 9.59 Å². The smallest absolute Gasteiger partial charge is 0.354 e. The monoisotopic (exact) mass is 432 g/mol. The zero-order valence-corrected chi connectivity index (χ0v) is 18.1. The number of ether oxygens (including phenoxy) is 2. The van der Waals surface area contributed by atoms with Gasteiger partial charge in [0.15, 0.2) is 0 Å². The number of rotatable bonds is 4. The van der Waals surface area contributed by atoms with Gasteiger partial charge in [-0.05, 0) is 22.3 Å². The average Bonchev–Trinajstić information content (AvgIpc) is 2.97. The highest BCUT2D eigenvalue weighted by Gasteiger charge is 2.48. The van der Waals surface area contributed by atoms with Crippen LogP contribution in [0.3, 0.4) is 0 Å². The molecule has 7 nitrogen and oxygen atoms in total. The van der Waals surface area contributed by atoms with E-state index in [4.69, 9.17) is 9.47 Å². The fraction of sp³-hybridized carbons (Fsp3) is 0.240. The van der Waals surface area contributed by atoms with Crippen LogP contribution in [0, 0.1) is 0 Å². The molecule has 7 heteroatoms. The summed E-state index contributed by atoms with van der Waals surface area (Å²) in [7, 11) is 2.50. The van der Waals surface area contributed by atoms with Gasteiger partial charge in [-0.15, -0.1) is 0 Å². The number of hydrogen-bond donors (Lipinski definition) is 1. The highest BCUT2D eigenvalue weighted by molar-refractivity contribution is 5.96. The molecule has 0 saturated heterocycles. The van der Waals surface area contributed by atoms with Gasteiger partial charge in [0, 0.05) is 18.5 Å². The number of benzene rings is 2. The van der Waals surface area contributed by atoms with E-state index in [1.54, 1.807) is 4.90 Å². The van der Waals surface area contributed by atoms with Gasteiger partial charge in [0.25, 0.3) is 0 Å². The van der Waals surface area contributed by atoms with E-state index in [1.807, 2.05) is 48.5 Å². The van der Waals surface area contributed by atoms with Gasteiger partial charge in [0.05, 0.1) is 32.4 Å². The molecule has 0 aromatic heterocycles. The van der Waals surface area contributed by atoms with E-state index in [1.165, 1.54) is 21.1 Å². The van der Waals surface area contributed by atoms with Crippen LogP contribution >= 0.6 is 0 Å². The number of methoxy groups -OCH3 is 2. The summed E-state index contributed by atoms with van der Waals surface area (Å²) in [6.45, 7) is 5.80. The van der Waals surface area contributed by atoms with Crippen LogP contribution in [-0.2, 0) is 23.9 Å². The van der Waals surface area contributed by atoms with Crippen LogP contribution in [0.5, 0.6) is 0 Å². The van der Waals surface area contributed by atoms with E-state index in [-0.39, 0.29) is 17.5 Å². The first kappa shape index (κ1) is 21.4. The predicted octanol–water partition coefficient (Wildman–Crippen LogP) is 3.11. The number of esters is 2. The highest BCUT2D eigenvalue weighted by Crippen LogP contribution is 2.55. The van der Waals surface area contributed by atoms with Crippen molar-refractivity contribution in [2.75, 3.05) is 14.2 Å². The third-order valence-corrected chi connectivity index (χ3v) is 5.98. The molecule has 1 N–H and O–H groups in total. The molecule has 2 aromatic carbocycles. The van der Waals surface area contributed by atoms with Gasteiger partial charge >= 0.3 is 11.9 Å². The lowest BCUT2D eigenvalue weighted by Crippen LogP contribution is -2.39. The number of nitrogens with one attached hydrogen (secondary N) is 1. The van der Waals surface area contributed by atoms with Crippen molar-refractivity contribution in [2.24, 2.45) is 0 Å². The summed E-state index contributed by atoms with van der Waals surface area (Å²) < 4.78 is 9.80. The summed E-state index contributed by atoms with van der Waals surface area (Å²) in [5.74, 6) is -1.90. The number of amides is 1. The molecule has 0 spiro atoms. The number of carbonyl (C=O) groups excluding carboxylic acids is 3. The first-order valence-corrected chi connectivity index (χ1v) is 10.2. The maximum absolute atomic E-state index is 12.8. The summed E-state index contributed by atoms with van der Waals surface area (Å²) in [5, 5.41) is 3.08. The number of nitrogens with zero attached hydrogens (tertiary/aromatic N) is 1. The molecule has 3 atom stereocenters. The molecule has 3 aliphatic rings. The molecule has 2 heterocycles. The molecular weight excluding hydrogens is 408 g/mol. The van der Waals surface area contributed by atoms with Crippen molar-refractivity contribution in [1.29, 1.82) is 0 Å². The standard InChI is InChI=1S/C25H24N2O5/c1-14-22-16-9-5-7-11-18(16)24(27(14)20(25(30)32-4)13-21(29)31-3)19-12-8-6-10-17(19)23(22)26-15(2)28/h5-13,22-24H,1H2,2-4H3,(H,26,28)/b20-13-/t22-,23+,24+/m1/s1. The summed E-state index contributed by atoms with van der Waals surface area (Å²) >= 11 is 0. The molecule has 1 aliphatic carbocycles. The minimum atomic E-state index is -0.685. The van der Waals surface area contributed by atoms with E-state index in [0.29, 0.717) is 5.70 Å². The van der Waals surface area contributed by atoms with E-state index in [0.717, 1.165) is 28.3 Å².